The lowest BCUT2D eigenvalue weighted by Crippen LogP contribution is -2.15. The maximum atomic E-state index is 2.37. The Bertz CT molecular complexity index is 308. The van der Waals surface area contributed by atoms with Gasteiger partial charge in [0.15, 0.2) is 0 Å². The first kappa shape index (κ1) is 11.3. The van der Waals surface area contributed by atoms with Crippen molar-refractivity contribution in [2.24, 2.45) is 0 Å². The summed E-state index contributed by atoms with van der Waals surface area (Å²) in [4.78, 5) is 0. The van der Waals surface area contributed by atoms with Crippen LogP contribution in [0.15, 0.2) is 18.2 Å². The largest absolute Gasteiger partial charge is 0.0646 e. The topological polar surface area (TPSA) is 0 Å². The summed E-state index contributed by atoms with van der Waals surface area (Å²) in [5.74, 6) is 0. The lowest BCUT2D eigenvalue weighted by Gasteiger charge is -2.24. The zero-order valence-electron chi connectivity index (χ0n) is 10.1. The summed E-state index contributed by atoms with van der Waals surface area (Å²) >= 11 is 0. The van der Waals surface area contributed by atoms with Crippen LogP contribution in [-0.2, 0) is 11.8 Å². The molecule has 14 heavy (non-hydrogen) atoms. The molecule has 0 nitrogen and oxygen atoms in total. The number of hydrogen-bond acceptors (Lipinski definition) is 0. The van der Waals surface area contributed by atoms with Crippen LogP contribution in [0.3, 0.4) is 0 Å². The molecule has 0 aliphatic carbocycles. The highest BCUT2D eigenvalue weighted by molar-refractivity contribution is 5.34. The summed E-state index contributed by atoms with van der Waals surface area (Å²) in [5, 5.41) is 0. The van der Waals surface area contributed by atoms with Crippen molar-refractivity contribution in [2.75, 3.05) is 0 Å². The first-order chi connectivity index (χ1) is 6.51. The van der Waals surface area contributed by atoms with E-state index in [-0.39, 0.29) is 0 Å². The van der Waals surface area contributed by atoms with Crippen LogP contribution in [0.1, 0.15) is 50.8 Å². The van der Waals surface area contributed by atoms with Gasteiger partial charge < -0.3 is 0 Å². The predicted octanol–water partition coefficient (Wildman–Crippen LogP) is 4.25. The van der Waals surface area contributed by atoms with E-state index in [1.54, 1.807) is 0 Å². The van der Waals surface area contributed by atoms with Gasteiger partial charge in [-0.15, -0.1) is 0 Å². The monoisotopic (exact) mass is 190 g/mol. The van der Waals surface area contributed by atoms with Gasteiger partial charge in [0.25, 0.3) is 0 Å². The Morgan fingerprint density at radius 1 is 1.14 bits per heavy atom. The van der Waals surface area contributed by atoms with Gasteiger partial charge in [0.05, 0.1) is 0 Å². The maximum absolute atomic E-state index is 2.37. The molecule has 1 rings (SSSR count). The summed E-state index contributed by atoms with van der Waals surface area (Å²) in [5.41, 5.74) is 4.70. The SMILES string of the molecule is CCc1cc(C(C)(C)CC)ccc1C. The zero-order chi connectivity index (χ0) is 10.8. The van der Waals surface area contributed by atoms with Gasteiger partial charge in [0.2, 0.25) is 0 Å². The van der Waals surface area contributed by atoms with Crippen molar-refractivity contribution in [2.45, 2.75) is 52.9 Å². The molecule has 0 bridgehead atoms. The molecule has 0 heterocycles. The molecule has 78 valence electrons. The molecule has 1 aromatic carbocycles. The van der Waals surface area contributed by atoms with Crippen molar-refractivity contribution < 1.29 is 0 Å². The van der Waals surface area contributed by atoms with Crippen LogP contribution in [-0.4, -0.2) is 0 Å². The van der Waals surface area contributed by atoms with Gasteiger partial charge in [0, 0.05) is 0 Å². The molecule has 1 aromatic rings. The third-order valence-corrected chi connectivity index (χ3v) is 3.40. The minimum Gasteiger partial charge on any atom is -0.0646 e. The molecule has 0 N–H and O–H groups in total. The third kappa shape index (κ3) is 2.17. The van der Waals surface area contributed by atoms with E-state index in [0.29, 0.717) is 5.41 Å². The fourth-order valence-corrected chi connectivity index (χ4v) is 1.68. The van der Waals surface area contributed by atoms with Crippen molar-refractivity contribution in [3.8, 4) is 0 Å². The van der Waals surface area contributed by atoms with Crippen LogP contribution in [0.4, 0.5) is 0 Å². The molecule has 0 aliphatic heterocycles. The minimum atomic E-state index is 0.317. The van der Waals surface area contributed by atoms with E-state index in [4.69, 9.17) is 0 Å². The third-order valence-electron chi connectivity index (χ3n) is 3.40. The highest BCUT2D eigenvalue weighted by atomic mass is 14.2. The smallest absolute Gasteiger partial charge is 0.0106 e. The average molecular weight is 190 g/mol. The van der Waals surface area contributed by atoms with Gasteiger partial charge >= 0.3 is 0 Å². The first-order valence-electron chi connectivity index (χ1n) is 5.61. The molecule has 0 saturated carbocycles. The molecule has 0 radical (unpaired) electrons. The van der Waals surface area contributed by atoms with Crippen LogP contribution in [0, 0.1) is 6.92 Å². The fourth-order valence-electron chi connectivity index (χ4n) is 1.68. The Kier molecular flexibility index (Phi) is 3.36. The molecule has 0 atom stereocenters. The number of benzene rings is 1. The Morgan fingerprint density at radius 2 is 1.79 bits per heavy atom. The number of aryl methyl sites for hydroxylation is 2. The van der Waals surface area contributed by atoms with Crippen LogP contribution < -0.4 is 0 Å². The van der Waals surface area contributed by atoms with Crippen LogP contribution in [0.2, 0.25) is 0 Å². The minimum absolute atomic E-state index is 0.317. The Labute approximate surface area is 88.4 Å². The van der Waals surface area contributed by atoms with E-state index in [0.717, 1.165) is 6.42 Å². The highest BCUT2D eigenvalue weighted by Gasteiger charge is 2.18. The van der Waals surface area contributed by atoms with Gasteiger partial charge in [0.1, 0.15) is 0 Å². The van der Waals surface area contributed by atoms with E-state index in [2.05, 4.69) is 52.8 Å². The standard InChI is InChI=1S/C14H22/c1-6-12-10-13(9-8-11(12)3)14(4,5)7-2/h8-10H,6-7H2,1-5H3. The fraction of sp³-hybridized carbons (Fsp3) is 0.571. The average Bonchev–Trinajstić information content (AvgIpc) is 2.18. The maximum Gasteiger partial charge on any atom is -0.0106 e. The quantitative estimate of drug-likeness (QED) is 0.668. The predicted molar refractivity (Wildman–Crippen MR) is 63.9 cm³/mol. The Balaban J connectivity index is 3.12. The van der Waals surface area contributed by atoms with Crippen molar-refractivity contribution in [3.05, 3.63) is 34.9 Å². The van der Waals surface area contributed by atoms with Gasteiger partial charge in [-0.1, -0.05) is 45.9 Å². The Hall–Kier alpha value is -0.780. The molecule has 0 unspecified atom stereocenters. The molecule has 0 fully saturated rings. The van der Waals surface area contributed by atoms with Crippen molar-refractivity contribution in [1.82, 2.24) is 0 Å². The van der Waals surface area contributed by atoms with Gasteiger partial charge in [-0.25, -0.2) is 0 Å². The Morgan fingerprint density at radius 3 is 2.29 bits per heavy atom. The van der Waals surface area contributed by atoms with Crippen molar-refractivity contribution in [3.63, 3.8) is 0 Å². The van der Waals surface area contributed by atoms with E-state index in [9.17, 15) is 0 Å². The summed E-state index contributed by atoms with van der Waals surface area (Å²) < 4.78 is 0. The summed E-state index contributed by atoms with van der Waals surface area (Å²) in [6.07, 6.45) is 2.33. The lowest BCUT2D eigenvalue weighted by atomic mass is 9.81. The second-order valence-corrected chi connectivity index (χ2v) is 4.73. The van der Waals surface area contributed by atoms with Gasteiger partial charge in [-0.3, -0.25) is 0 Å². The molecule has 0 saturated heterocycles. The molecule has 0 aliphatic rings. The van der Waals surface area contributed by atoms with Gasteiger partial charge in [-0.05, 0) is 41.9 Å². The summed E-state index contributed by atoms with van der Waals surface area (Å²) in [6, 6.07) is 6.91. The second kappa shape index (κ2) is 4.16. The number of hydrogen-bond donors (Lipinski definition) is 0. The van der Waals surface area contributed by atoms with Crippen molar-refractivity contribution >= 4 is 0 Å². The van der Waals surface area contributed by atoms with E-state index < -0.39 is 0 Å². The summed E-state index contributed by atoms with van der Waals surface area (Å²) in [7, 11) is 0. The number of rotatable bonds is 3. The lowest BCUT2D eigenvalue weighted by molar-refractivity contribution is 0.505. The molecule has 0 amide bonds. The van der Waals surface area contributed by atoms with E-state index in [1.807, 2.05) is 0 Å². The molecule has 0 heteroatoms. The highest BCUT2D eigenvalue weighted by Crippen LogP contribution is 2.28. The normalized spacial score (nSPS) is 11.8. The molecular weight excluding hydrogens is 168 g/mol. The van der Waals surface area contributed by atoms with E-state index in [1.165, 1.54) is 23.1 Å². The zero-order valence-corrected chi connectivity index (χ0v) is 10.1. The molecular formula is C14H22. The van der Waals surface area contributed by atoms with Crippen LogP contribution in [0.25, 0.3) is 0 Å². The van der Waals surface area contributed by atoms with Crippen molar-refractivity contribution in [1.29, 1.82) is 0 Å². The van der Waals surface area contributed by atoms with Crippen LogP contribution in [0.5, 0.6) is 0 Å². The van der Waals surface area contributed by atoms with Crippen LogP contribution >= 0.6 is 0 Å². The summed E-state index contributed by atoms with van der Waals surface area (Å²) in [6.45, 7) is 11.3. The molecule has 0 spiro atoms. The molecule has 0 aromatic heterocycles. The van der Waals surface area contributed by atoms with Gasteiger partial charge in [-0.2, -0.15) is 0 Å². The van der Waals surface area contributed by atoms with E-state index >= 15 is 0 Å². The second-order valence-electron chi connectivity index (χ2n) is 4.73. The first-order valence-corrected chi connectivity index (χ1v) is 5.61.